The molecule has 2 aromatic rings. The Bertz CT molecular complexity index is 1910. The van der Waals surface area contributed by atoms with Crippen LogP contribution in [0.2, 0.25) is 0 Å². The van der Waals surface area contributed by atoms with Crippen molar-refractivity contribution in [3.05, 3.63) is 42.2 Å². The highest BCUT2D eigenvalue weighted by atomic mass is 32.2. The normalized spacial score (nSPS) is 16.3. The Morgan fingerprint density at radius 1 is 0.721 bits per heavy atom. The van der Waals surface area contributed by atoms with Crippen LogP contribution in [0, 0.1) is 5.82 Å². The Labute approximate surface area is 353 Å². The number of aliphatic carboxylic acids is 4. The third kappa shape index (κ3) is 16.0. The maximum absolute atomic E-state index is 14.1. The summed E-state index contributed by atoms with van der Waals surface area (Å²) in [5.41, 5.74) is 0.112. The van der Waals surface area contributed by atoms with Crippen molar-refractivity contribution in [1.29, 1.82) is 0 Å². The number of carboxylic acids is 4. The van der Waals surface area contributed by atoms with Crippen LogP contribution in [0.1, 0.15) is 51.4 Å². The van der Waals surface area contributed by atoms with Crippen molar-refractivity contribution in [3.8, 4) is 11.5 Å². The van der Waals surface area contributed by atoms with Gasteiger partial charge in [-0.1, -0.05) is 6.42 Å². The fraction of sp³-hybridized carbons (Fsp3) is 0.487. The third-order valence-electron chi connectivity index (χ3n) is 9.41. The molecular weight excluding hydrogens is 828 g/mol. The number of Topliss-reactive ketones (excluding diaryl/α,β-unsaturated/α-hetero) is 1. The average Bonchev–Trinajstić information content (AvgIpc) is 3.73. The van der Waals surface area contributed by atoms with Gasteiger partial charge in [0.15, 0.2) is 0 Å². The number of halogens is 1. The second-order valence-corrected chi connectivity index (χ2v) is 15.5. The van der Waals surface area contributed by atoms with Crippen molar-refractivity contribution in [3.63, 3.8) is 0 Å². The Kier molecular flexibility index (Phi) is 18.2. The number of hydrogen-bond acceptors (Lipinski definition) is 13. The molecule has 4 rings (SSSR count). The molecule has 0 radical (unpaired) electrons. The monoisotopic (exact) mass is 876 g/mol. The van der Waals surface area contributed by atoms with Gasteiger partial charge >= 0.3 is 29.9 Å². The second kappa shape index (κ2) is 23.5. The summed E-state index contributed by atoms with van der Waals surface area (Å²) in [6.45, 7) is -3.44. The zero-order valence-electron chi connectivity index (χ0n) is 33.1. The number of ketones is 1. The number of unbranched alkanes of at least 4 members (excludes halogenated alkanes) is 1. The van der Waals surface area contributed by atoms with Crippen LogP contribution < -0.4 is 40.5 Å². The predicted octanol–water partition coefficient (Wildman–Crippen LogP) is 2.14. The number of urea groups is 1. The summed E-state index contributed by atoms with van der Waals surface area (Å²) < 4.78 is 25.5. The second-order valence-electron chi connectivity index (χ2n) is 14.2. The molecule has 61 heavy (non-hydrogen) atoms. The molecule has 22 heteroatoms. The molecule has 2 heterocycles. The van der Waals surface area contributed by atoms with E-state index in [1.54, 1.807) is 0 Å². The van der Waals surface area contributed by atoms with E-state index in [1.807, 2.05) is 11.8 Å². The van der Waals surface area contributed by atoms with E-state index in [0.717, 1.165) is 46.6 Å². The van der Waals surface area contributed by atoms with Crippen molar-refractivity contribution >= 4 is 76.3 Å². The van der Waals surface area contributed by atoms with E-state index in [4.69, 9.17) is 9.47 Å². The molecular formula is C39H49FN6O14S. The number of thioether (sulfide) groups is 1. The largest absolute Gasteiger partial charge is 0.488 e. The van der Waals surface area contributed by atoms with Crippen molar-refractivity contribution in [2.75, 3.05) is 66.8 Å². The maximum atomic E-state index is 14.1. The van der Waals surface area contributed by atoms with Crippen LogP contribution in [0.5, 0.6) is 11.5 Å². The number of nitrogens with one attached hydrogen (secondary N) is 4. The van der Waals surface area contributed by atoms with Gasteiger partial charge in [0.05, 0.1) is 23.5 Å². The van der Waals surface area contributed by atoms with Gasteiger partial charge in [0.1, 0.15) is 62.5 Å². The van der Waals surface area contributed by atoms with E-state index in [2.05, 4.69) is 21.3 Å². The molecule has 2 fully saturated rings. The number of carbonyl (C=O) groups is 8. The van der Waals surface area contributed by atoms with Crippen molar-refractivity contribution < 1.29 is 72.6 Å². The van der Waals surface area contributed by atoms with Crippen LogP contribution in [0.15, 0.2) is 36.4 Å². The lowest BCUT2D eigenvalue weighted by atomic mass is 10.0. The van der Waals surface area contributed by atoms with Crippen LogP contribution in [0.3, 0.4) is 0 Å². The highest BCUT2D eigenvalue weighted by molar-refractivity contribution is 8.00. The molecule has 20 nitrogen and oxygen atoms in total. The minimum atomic E-state index is -1.37. The number of carboxylic acid groups (broad SMARTS) is 4. The van der Waals surface area contributed by atoms with Crippen molar-refractivity contribution in [2.24, 2.45) is 0 Å². The van der Waals surface area contributed by atoms with Gasteiger partial charge < -0.3 is 61.0 Å². The summed E-state index contributed by atoms with van der Waals surface area (Å²) >= 11 is 1.82. The van der Waals surface area contributed by atoms with E-state index in [0.29, 0.717) is 18.1 Å². The zero-order chi connectivity index (χ0) is 44.5. The summed E-state index contributed by atoms with van der Waals surface area (Å²) in [5.74, 6) is -6.31. The number of rotatable bonds is 28. The summed E-state index contributed by atoms with van der Waals surface area (Å²) in [6.07, 6.45) is 3.04. The standard InChI is InChI=1S/C39H49FN6O14S/c40-23-8-10-27(45(18-34(50)51)19-35(52)53)30(16-23)60-15-14-59-29-11-9-24(17-28(29)46(20-36(54)55)21-37(56)57)42-33(49)7-3-4-25(47)12-13-41-32(48)6-2-1-5-31-38-26(22-61-31)43-39(58)44-38/h8-11,16-17,26,31,38H,1-7,12-15,18-22H2,(H,41,48)(H,42,49)(H,50,51)(H,52,53)(H,54,55)(H,56,57)(H2,43,44,58). The zero-order valence-corrected chi connectivity index (χ0v) is 33.9. The lowest BCUT2D eigenvalue weighted by molar-refractivity contribution is -0.138. The molecule has 0 spiro atoms. The Morgan fingerprint density at radius 3 is 2.00 bits per heavy atom. The van der Waals surface area contributed by atoms with E-state index < -0.39 is 61.8 Å². The summed E-state index contributed by atoms with van der Waals surface area (Å²) in [4.78, 5) is 97.1. The van der Waals surface area contributed by atoms with E-state index >= 15 is 0 Å². The van der Waals surface area contributed by atoms with Gasteiger partial charge in [-0.15, -0.1) is 0 Å². The number of amides is 4. The first-order valence-electron chi connectivity index (χ1n) is 19.4. The van der Waals surface area contributed by atoms with Crippen LogP contribution in [-0.4, -0.2) is 137 Å². The molecule has 2 aromatic carbocycles. The van der Waals surface area contributed by atoms with Gasteiger partial charge in [-0.2, -0.15) is 11.8 Å². The summed E-state index contributed by atoms with van der Waals surface area (Å²) in [5, 5.41) is 49.1. The van der Waals surface area contributed by atoms with E-state index in [1.165, 1.54) is 18.2 Å². The van der Waals surface area contributed by atoms with Crippen LogP contribution in [-0.2, 0) is 33.6 Å². The quantitative estimate of drug-likeness (QED) is 0.0449. The molecule has 3 unspecified atom stereocenters. The Hall–Kier alpha value is -6.32. The maximum Gasteiger partial charge on any atom is 0.323 e. The number of benzene rings is 2. The topological polar surface area (TPSA) is 291 Å². The number of fused-ring (bicyclic) bond motifs is 1. The molecule has 0 bridgehead atoms. The fourth-order valence-electron chi connectivity index (χ4n) is 6.74. The lowest BCUT2D eigenvalue weighted by Gasteiger charge is -2.25. The number of anilines is 3. The summed E-state index contributed by atoms with van der Waals surface area (Å²) in [7, 11) is 0. The van der Waals surface area contributed by atoms with Crippen LogP contribution >= 0.6 is 11.8 Å². The highest BCUT2D eigenvalue weighted by Gasteiger charge is 2.42. The molecule has 0 aromatic heterocycles. The van der Waals surface area contributed by atoms with Gasteiger partial charge in [-0.05, 0) is 49.6 Å². The molecule has 3 atom stereocenters. The molecule has 0 saturated carbocycles. The molecule has 332 valence electrons. The molecule has 8 N–H and O–H groups in total. The molecule has 2 aliphatic rings. The first-order valence-corrected chi connectivity index (χ1v) is 20.5. The summed E-state index contributed by atoms with van der Waals surface area (Å²) in [6, 6.07) is 7.30. The lowest BCUT2D eigenvalue weighted by Crippen LogP contribution is -2.36. The third-order valence-corrected chi connectivity index (χ3v) is 10.9. The predicted molar refractivity (Wildman–Crippen MR) is 218 cm³/mol. The number of carbonyl (C=O) groups excluding carboxylic acids is 4. The molecule has 2 saturated heterocycles. The van der Waals surface area contributed by atoms with Gasteiger partial charge in [-0.25, -0.2) is 9.18 Å². The van der Waals surface area contributed by atoms with Crippen LogP contribution in [0.4, 0.5) is 26.2 Å². The fourth-order valence-corrected chi connectivity index (χ4v) is 8.28. The van der Waals surface area contributed by atoms with Crippen molar-refractivity contribution in [2.45, 2.75) is 68.7 Å². The number of hydrogen-bond donors (Lipinski definition) is 8. The van der Waals surface area contributed by atoms with E-state index in [9.17, 15) is 63.2 Å². The first kappa shape index (κ1) is 47.4. The minimum Gasteiger partial charge on any atom is -0.488 e. The number of nitrogens with zero attached hydrogens (tertiary/aromatic N) is 2. The van der Waals surface area contributed by atoms with Gasteiger partial charge in [0, 0.05) is 55.0 Å². The van der Waals surface area contributed by atoms with Gasteiger partial charge in [-0.3, -0.25) is 33.6 Å². The smallest absolute Gasteiger partial charge is 0.323 e. The minimum absolute atomic E-state index is 0.0149. The number of ether oxygens (including phenoxy) is 2. The van der Waals surface area contributed by atoms with Crippen LogP contribution in [0.25, 0.3) is 0 Å². The molecule has 2 aliphatic heterocycles. The highest BCUT2D eigenvalue weighted by Crippen LogP contribution is 2.34. The Balaban J connectivity index is 1.25. The Morgan fingerprint density at radius 2 is 1.34 bits per heavy atom. The first-order chi connectivity index (χ1) is 29.1. The molecule has 0 aliphatic carbocycles. The SMILES string of the molecule is O=C(O)CN(CC(=O)O)c1ccc(F)cc1OCCOc1ccc(NC(=O)CCCC(=O)CCNC(=O)CCCCC2SCC3NC(=O)NC32)cc1N(CC(=O)O)CC(=O)O. The van der Waals surface area contributed by atoms with Gasteiger partial charge in [0.2, 0.25) is 11.8 Å². The molecule has 4 amide bonds. The van der Waals surface area contributed by atoms with E-state index in [-0.39, 0.29) is 104 Å². The van der Waals surface area contributed by atoms with Crippen molar-refractivity contribution in [1.82, 2.24) is 16.0 Å². The van der Waals surface area contributed by atoms with Gasteiger partial charge in [0.25, 0.3) is 0 Å². The average molecular weight is 877 g/mol.